The SMILES string of the molecule is Cc1cnc(Nc2ccc(Cl)cc2C(=O)O)s1. The summed E-state index contributed by atoms with van der Waals surface area (Å²) in [5, 5.41) is 13.1. The number of anilines is 2. The van der Waals surface area contributed by atoms with Gasteiger partial charge in [0, 0.05) is 16.1 Å². The molecule has 0 saturated carbocycles. The van der Waals surface area contributed by atoms with Crippen LogP contribution in [0.3, 0.4) is 0 Å². The van der Waals surface area contributed by atoms with Crippen LogP contribution in [-0.4, -0.2) is 16.1 Å². The topological polar surface area (TPSA) is 62.2 Å². The van der Waals surface area contributed by atoms with Crippen molar-refractivity contribution in [3.05, 3.63) is 39.9 Å². The molecular weight excluding hydrogens is 260 g/mol. The molecule has 17 heavy (non-hydrogen) atoms. The molecule has 0 amide bonds. The van der Waals surface area contributed by atoms with Gasteiger partial charge in [-0.2, -0.15) is 0 Å². The smallest absolute Gasteiger partial charge is 0.337 e. The molecular formula is C11H9ClN2O2S. The first-order valence-electron chi connectivity index (χ1n) is 4.78. The van der Waals surface area contributed by atoms with Crippen LogP contribution in [0.25, 0.3) is 0 Å². The van der Waals surface area contributed by atoms with Crippen LogP contribution in [0.15, 0.2) is 24.4 Å². The molecule has 2 aromatic rings. The van der Waals surface area contributed by atoms with Gasteiger partial charge in [-0.25, -0.2) is 9.78 Å². The summed E-state index contributed by atoms with van der Waals surface area (Å²) >= 11 is 7.22. The van der Waals surface area contributed by atoms with E-state index in [0.29, 0.717) is 15.8 Å². The highest BCUT2D eigenvalue weighted by atomic mass is 35.5. The van der Waals surface area contributed by atoms with E-state index < -0.39 is 5.97 Å². The molecule has 0 atom stereocenters. The fraction of sp³-hybridized carbons (Fsp3) is 0.0909. The van der Waals surface area contributed by atoms with Gasteiger partial charge in [-0.05, 0) is 25.1 Å². The lowest BCUT2D eigenvalue weighted by molar-refractivity contribution is 0.0698. The number of nitrogens with zero attached hydrogens (tertiary/aromatic N) is 1. The number of rotatable bonds is 3. The highest BCUT2D eigenvalue weighted by molar-refractivity contribution is 7.15. The van der Waals surface area contributed by atoms with Gasteiger partial charge in [0.15, 0.2) is 5.13 Å². The number of hydrogen-bond acceptors (Lipinski definition) is 4. The molecule has 0 radical (unpaired) electrons. The fourth-order valence-electron chi connectivity index (χ4n) is 1.33. The van der Waals surface area contributed by atoms with Crippen LogP contribution in [0.2, 0.25) is 5.02 Å². The first-order chi connectivity index (χ1) is 8.06. The summed E-state index contributed by atoms with van der Waals surface area (Å²) in [5.41, 5.74) is 0.613. The Kier molecular flexibility index (Phi) is 3.31. The summed E-state index contributed by atoms with van der Waals surface area (Å²) in [6, 6.07) is 4.67. The van der Waals surface area contributed by atoms with Crippen molar-refractivity contribution in [2.45, 2.75) is 6.92 Å². The normalized spacial score (nSPS) is 10.2. The minimum absolute atomic E-state index is 0.130. The van der Waals surface area contributed by atoms with E-state index in [4.69, 9.17) is 16.7 Å². The van der Waals surface area contributed by atoms with Crippen LogP contribution in [0.1, 0.15) is 15.2 Å². The van der Waals surface area contributed by atoms with Crippen LogP contribution in [0.5, 0.6) is 0 Å². The molecule has 0 aliphatic carbocycles. The maximum Gasteiger partial charge on any atom is 0.337 e. The van der Waals surface area contributed by atoms with Crippen molar-refractivity contribution in [2.75, 3.05) is 5.32 Å². The minimum atomic E-state index is -1.02. The van der Waals surface area contributed by atoms with E-state index in [9.17, 15) is 4.79 Å². The quantitative estimate of drug-likeness (QED) is 0.894. The number of aromatic nitrogens is 1. The van der Waals surface area contributed by atoms with Crippen molar-refractivity contribution < 1.29 is 9.90 Å². The second kappa shape index (κ2) is 4.73. The standard InChI is InChI=1S/C11H9ClN2O2S/c1-6-5-13-11(17-6)14-9-3-2-7(12)4-8(9)10(15)16/h2-5H,1H3,(H,13,14)(H,15,16). The Morgan fingerprint density at radius 1 is 1.53 bits per heavy atom. The molecule has 0 unspecified atom stereocenters. The highest BCUT2D eigenvalue weighted by Crippen LogP contribution is 2.26. The van der Waals surface area contributed by atoms with Crippen molar-refractivity contribution >= 4 is 39.7 Å². The van der Waals surface area contributed by atoms with Crippen molar-refractivity contribution in [3.8, 4) is 0 Å². The lowest BCUT2D eigenvalue weighted by atomic mass is 10.2. The third-order valence-electron chi connectivity index (χ3n) is 2.07. The number of thiazole rings is 1. The van der Waals surface area contributed by atoms with Crippen molar-refractivity contribution in [1.82, 2.24) is 4.98 Å². The molecule has 2 rings (SSSR count). The zero-order valence-electron chi connectivity index (χ0n) is 8.90. The highest BCUT2D eigenvalue weighted by Gasteiger charge is 2.11. The summed E-state index contributed by atoms with van der Waals surface area (Å²) in [4.78, 5) is 16.2. The van der Waals surface area contributed by atoms with Crippen molar-refractivity contribution in [2.24, 2.45) is 0 Å². The maximum absolute atomic E-state index is 11.1. The molecule has 1 aromatic heterocycles. The first kappa shape index (κ1) is 11.9. The number of carboxylic acids is 1. The maximum atomic E-state index is 11.1. The van der Waals surface area contributed by atoms with Gasteiger partial charge < -0.3 is 10.4 Å². The minimum Gasteiger partial charge on any atom is -0.478 e. The van der Waals surface area contributed by atoms with Gasteiger partial charge in [-0.1, -0.05) is 11.6 Å². The molecule has 0 spiro atoms. The number of aromatic carboxylic acids is 1. The second-order valence-corrected chi connectivity index (χ2v) is 5.07. The Morgan fingerprint density at radius 2 is 2.29 bits per heavy atom. The van der Waals surface area contributed by atoms with E-state index in [-0.39, 0.29) is 5.56 Å². The molecule has 0 fully saturated rings. The fourth-order valence-corrected chi connectivity index (χ4v) is 2.18. The summed E-state index contributed by atoms with van der Waals surface area (Å²) in [6.07, 6.45) is 1.73. The van der Waals surface area contributed by atoms with Gasteiger partial charge in [-0.3, -0.25) is 0 Å². The zero-order chi connectivity index (χ0) is 12.4. The lowest BCUT2D eigenvalue weighted by Gasteiger charge is -2.06. The van der Waals surface area contributed by atoms with Crippen LogP contribution < -0.4 is 5.32 Å². The molecule has 4 nitrogen and oxygen atoms in total. The van der Waals surface area contributed by atoms with Crippen LogP contribution in [0, 0.1) is 6.92 Å². The first-order valence-corrected chi connectivity index (χ1v) is 5.98. The Balaban J connectivity index is 2.35. The van der Waals surface area contributed by atoms with Crippen LogP contribution in [-0.2, 0) is 0 Å². The van der Waals surface area contributed by atoms with Gasteiger partial charge in [-0.15, -0.1) is 11.3 Å². The Hall–Kier alpha value is -1.59. The summed E-state index contributed by atoms with van der Waals surface area (Å²) in [7, 11) is 0. The predicted molar refractivity (Wildman–Crippen MR) is 68.5 cm³/mol. The van der Waals surface area contributed by atoms with E-state index in [2.05, 4.69) is 10.3 Å². The molecule has 6 heteroatoms. The molecule has 0 saturated heterocycles. The third kappa shape index (κ3) is 2.75. The predicted octanol–water partition coefficient (Wildman–Crippen LogP) is 3.55. The molecule has 1 aromatic carbocycles. The van der Waals surface area contributed by atoms with Gasteiger partial charge >= 0.3 is 5.97 Å². The van der Waals surface area contributed by atoms with Gasteiger partial charge in [0.25, 0.3) is 0 Å². The van der Waals surface area contributed by atoms with Crippen molar-refractivity contribution in [1.29, 1.82) is 0 Å². The Morgan fingerprint density at radius 3 is 2.88 bits per heavy atom. The van der Waals surface area contributed by atoms with E-state index in [1.807, 2.05) is 6.92 Å². The van der Waals surface area contributed by atoms with E-state index in [0.717, 1.165) is 4.88 Å². The molecule has 2 N–H and O–H groups in total. The number of benzene rings is 1. The number of carboxylic acid groups (broad SMARTS) is 1. The lowest BCUT2D eigenvalue weighted by Crippen LogP contribution is -2.02. The summed E-state index contributed by atoms with van der Waals surface area (Å²) < 4.78 is 0. The van der Waals surface area contributed by atoms with E-state index >= 15 is 0 Å². The molecule has 1 heterocycles. The van der Waals surface area contributed by atoms with Gasteiger partial charge in [0.2, 0.25) is 0 Å². The summed E-state index contributed by atoms with van der Waals surface area (Å²) in [6.45, 7) is 1.93. The monoisotopic (exact) mass is 268 g/mol. The average molecular weight is 269 g/mol. The van der Waals surface area contributed by atoms with Crippen LogP contribution >= 0.6 is 22.9 Å². The molecule has 88 valence electrons. The van der Waals surface area contributed by atoms with Gasteiger partial charge in [0.05, 0.1) is 11.3 Å². The molecule has 0 aliphatic rings. The number of halogens is 1. The third-order valence-corrected chi connectivity index (χ3v) is 3.14. The van der Waals surface area contributed by atoms with Gasteiger partial charge in [0.1, 0.15) is 0 Å². The molecule has 0 bridgehead atoms. The second-order valence-electron chi connectivity index (χ2n) is 3.40. The van der Waals surface area contributed by atoms with Crippen molar-refractivity contribution in [3.63, 3.8) is 0 Å². The largest absolute Gasteiger partial charge is 0.478 e. The van der Waals surface area contributed by atoms with E-state index in [1.54, 1.807) is 18.3 Å². The number of nitrogens with one attached hydrogen (secondary N) is 1. The molecule has 0 aliphatic heterocycles. The van der Waals surface area contributed by atoms with Crippen LogP contribution in [0.4, 0.5) is 10.8 Å². The Labute approximate surface area is 107 Å². The zero-order valence-corrected chi connectivity index (χ0v) is 10.5. The number of carbonyl (C=O) groups is 1. The van der Waals surface area contributed by atoms with E-state index in [1.165, 1.54) is 17.4 Å². The number of aryl methyl sites for hydroxylation is 1. The average Bonchev–Trinajstić information content (AvgIpc) is 2.66. The number of hydrogen-bond donors (Lipinski definition) is 2. The summed E-state index contributed by atoms with van der Waals surface area (Å²) in [5.74, 6) is -1.02. The Bertz CT molecular complexity index is 568.